The van der Waals surface area contributed by atoms with Crippen LogP contribution in [0.5, 0.6) is 0 Å². The maximum atomic E-state index is 3.68. The number of rotatable bonds is 24. The summed E-state index contributed by atoms with van der Waals surface area (Å²) in [6, 6.07) is 6.76. The molecule has 0 aliphatic rings. The topological polar surface area (TPSA) is 72.2 Å². The molecule has 0 aliphatic heterocycles. The molecule has 0 aromatic heterocycles. The number of halogens is 2. The second-order valence-electron chi connectivity index (χ2n) is 10.4. The van der Waals surface area contributed by atoms with E-state index in [1.165, 1.54) is 24.0 Å². The van der Waals surface area contributed by atoms with Gasteiger partial charge in [0.05, 0.1) is 0 Å². The lowest BCUT2D eigenvalue weighted by atomic mass is 10.1. The summed E-state index contributed by atoms with van der Waals surface area (Å²) in [5.74, 6) is 1.47. The fourth-order valence-corrected chi connectivity index (χ4v) is 4.36. The van der Waals surface area contributed by atoms with Crippen molar-refractivity contribution in [2.45, 2.75) is 66.5 Å². The smallest absolute Gasteiger partial charge is 0.0206 e. The fourth-order valence-electron chi connectivity index (χ4n) is 3.77. The Morgan fingerprint density at radius 3 is 1.22 bits per heavy atom. The second kappa shape index (κ2) is 25.1. The molecule has 0 amide bonds. The molecule has 0 atom stereocenters. The summed E-state index contributed by atoms with van der Waals surface area (Å²) in [5, 5.41) is 21.2. The van der Waals surface area contributed by atoms with E-state index in [2.05, 4.69) is 93.7 Å². The molecular weight excluding hydrogens is 536 g/mol. The van der Waals surface area contributed by atoms with Gasteiger partial charge >= 0.3 is 0 Å². The van der Waals surface area contributed by atoms with Crippen LogP contribution in [0.25, 0.3) is 0 Å². The maximum Gasteiger partial charge on any atom is 0.0206 e. The SMILES string of the molecule is CC(C)CNCCCNCCCNCc1cc(Br)cc(CNCCCNCCCNCC(C)C)c1.Cl. The van der Waals surface area contributed by atoms with Crippen LogP contribution < -0.4 is 31.9 Å². The minimum absolute atomic E-state index is 0. The van der Waals surface area contributed by atoms with E-state index in [4.69, 9.17) is 0 Å². The Morgan fingerprint density at radius 1 is 0.528 bits per heavy atom. The van der Waals surface area contributed by atoms with Crippen LogP contribution in [0.1, 0.15) is 64.5 Å². The van der Waals surface area contributed by atoms with Gasteiger partial charge < -0.3 is 31.9 Å². The fraction of sp³-hybridized carbons (Fsp3) is 0.786. The van der Waals surface area contributed by atoms with Crippen molar-refractivity contribution in [2.75, 3.05) is 65.4 Å². The molecule has 36 heavy (non-hydrogen) atoms. The van der Waals surface area contributed by atoms with Gasteiger partial charge in [0.2, 0.25) is 0 Å². The van der Waals surface area contributed by atoms with E-state index >= 15 is 0 Å². The summed E-state index contributed by atoms with van der Waals surface area (Å²) in [6.07, 6.45) is 4.71. The quantitative estimate of drug-likeness (QED) is 0.101. The van der Waals surface area contributed by atoms with E-state index in [-0.39, 0.29) is 12.4 Å². The molecule has 8 heteroatoms. The van der Waals surface area contributed by atoms with Crippen molar-refractivity contribution in [3.05, 3.63) is 33.8 Å². The number of benzene rings is 1. The molecule has 0 saturated heterocycles. The first kappa shape index (κ1) is 35.8. The van der Waals surface area contributed by atoms with Crippen LogP contribution in [-0.4, -0.2) is 65.4 Å². The van der Waals surface area contributed by atoms with Crippen molar-refractivity contribution in [3.8, 4) is 0 Å². The Balaban J connectivity index is 0.0000122. The number of hydrogen-bond donors (Lipinski definition) is 6. The predicted octanol–water partition coefficient (Wildman–Crippen LogP) is 4.28. The van der Waals surface area contributed by atoms with Crippen LogP contribution in [0, 0.1) is 11.8 Å². The predicted molar refractivity (Wildman–Crippen MR) is 164 cm³/mol. The van der Waals surface area contributed by atoms with Gasteiger partial charge in [0, 0.05) is 17.6 Å². The largest absolute Gasteiger partial charge is 0.317 e. The zero-order valence-electron chi connectivity index (χ0n) is 23.5. The number of nitrogens with one attached hydrogen (secondary N) is 6. The van der Waals surface area contributed by atoms with Crippen LogP contribution >= 0.6 is 28.3 Å². The zero-order valence-corrected chi connectivity index (χ0v) is 25.9. The van der Waals surface area contributed by atoms with Gasteiger partial charge in [-0.3, -0.25) is 0 Å². The molecule has 1 aromatic carbocycles. The Labute approximate surface area is 237 Å². The molecule has 6 nitrogen and oxygen atoms in total. The average Bonchev–Trinajstić information content (AvgIpc) is 2.80. The van der Waals surface area contributed by atoms with Gasteiger partial charge in [0.25, 0.3) is 0 Å². The normalized spacial score (nSPS) is 11.4. The zero-order chi connectivity index (χ0) is 25.6. The lowest BCUT2D eigenvalue weighted by molar-refractivity contribution is 0.524. The molecule has 1 aromatic rings. The summed E-state index contributed by atoms with van der Waals surface area (Å²) in [6.45, 7) is 21.7. The van der Waals surface area contributed by atoms with Crippen LogP contribution in [0.15, 0.2) is 22.7 Å². The van der Waals surface area contributed by atoms with Gasteiger partial charge in [0.15, 0.2) is 0 Å². The third-order valence-electron chi connectivity index (χ3n) is 5.61. The molecule has 0 unspecified atom stereocenters. The van der Waals surface area contributed by atoms with Gasteiger partial charge in [-0.15, -0.1) is 12.4 Å². The molecule has 0 radical (unpaired) electrons. The van der Waals surface area contributed by atoms with Crippen LogP contribution in [0.4, 0.5) is 0 Å². The lowest BCUT2D eigenvalue weighted by Gasteiger charge is -2.11. The summed E-state index contributed by atoms with van der Waals surface area (Å²) < 4.78 is 1.16. The Morgan fingerprint density at radius 2 is 0.861 bits per heavy atom. The van der Waals surface area contributed by atoms with Crippen molar-refractivity contribution in [3.63, 3.8) is 0 Å². The van der Waals surface area contributed by atoms with Crippen molar-refractivity contribution in [1.82, 2.24) is 31.9 Å². The average molecular weight is 592 g/mol. The van der Waals surface area contributed by atoms with Crippen LogP contribution in [0.2, 0.25) is 0 Å². The molecule has 212 valence electrons. The summed E-state index contributed by atoms with van der Waals surface area (Å²) in [4.78, 5) is 0. The van der Waals surface area contributed by atoms with E-state index in [1.807, 2.05) is 0 Å². The van der Waals surface area contributed by atoms with E-state index in [0.29, 0.717) is 0 Å². The minimum atomic E-state index is 0. The first-order valence-electron chi connectivity index (χ1n) is 14.0. The van der Waals surface area contributed by atoms with Crippen molar-refractivity contribution < 1.29 is 0 Å². The first-order valence-corrected chi connectivity index (χ1v) is 14.8. The second-order valence-corrected chi connectivity index (χ2v) is 11.3. The van der Waals surface area contributed by atoms with E-state index in [1.54, 1.807) is 0 Å². The molecule has 6 N–H and O–H groups in total. The monoisotopic (exact) mass is 590 g/mol. The third-order valence-corrected chi connectivity index (χ3v) is 6.07. The van der Waals surface area contributed by atoms with Gasteiger partial charge in [0.1, 0.15) is 0 Å². The Bertz CT molecular complexity index is 569. The molecule has 0 aliphatic carbocycles. The standard InChI is InChI=1S/C28H55BrN6.ClH/c1-24(2)20-32-13-5-9-30-11-7-15-34-22-26-17-27(19-28(29)18-26)23-35-16-8-12-31-10-6-14-33-21-25(3)4;/h17-19,24-25,30-35H,5-16,20-23H2,1-4H3;1H. The summed E-state index contributed by atoms with van der Waals surface area (Å²) in [5.41, 5.74) is 2.68. The van der Waals surface area contributed by atoms with E-state index in [9.17, 15) is 0 Å². The van der Waals surface area contributed by atoms with Gasteiger partial charge in [-0.2, -0.15) is 0 Å². The highest BCUT2D eigenvalue weighted by Gasteiger charge is 2.01. The number of hydrogen-bond acceptors (Lipinski definition) is 6. The van der Waals surface area contributed by atoms with Crippen molar-refractivity contribution in [2.24, 2.45) is 11.8 Å². The molecule has 0 saturated carbocycles. The third kappa shape index (κ3) is 22.9. The van der Waals surface area contributed by atoms with Gasteiger partial charge in [-0.05, 0) is 126 Å². The highest BCUT2D eigenvalue weighted by atomic mass is 79.9. The van der Waals surface area contributed by atoms with Gasteiger partial charge in [-0.25, -0.2) is 0 Å². The van der Waals surface area contributed by atoms with Gasteiger partial charge in [-0.1, -0.05) is 49.7 Å². The van der Waals surface area contributed by atoms with E-state index in [0.717, 1.165) is 108 Å². The highest BCUT2D eigenvalue weighted by Crippen LogP contribution is 2.16. The highest BCUT2D eigenvalue weighted by molar-refractivity contribution is 9.10. The molecule has 0 spiro atoms. The molecule has 0 bridgehead atoms. The lowest BCUT2D eigenvalue weighted by Crippen LogP contribution is -2.26. The van der Waals surface area contributed by atoms with Crippen LogP contribution in [-0.2, 0) is 13.1 Å². The molecule has 0 fully saturated rings. The first-order chi connectivity index (χ1) is 17.0. The summed E-state index contributed by atoms with van der Waals surface area (Å²) in [7, 11) is 0. The Kier molecular flexibility index (Phi) is 24.9. The molecule has 0 heterocycles. The molecule has 1 rings (SSSR count). The van der Waals surface area contributed by atoms with Crippen molar-refractivity contribution >= 4 is 28.3 Å². The molecular formula is C28H56BrClN6. The van der Waals surface area contributed by atoms with Crippen LogP contribution in [0.3, 0.4) is 0 Å². The maximum absolute atomic E-state index is 3.68. The minimum Gasteiger partial charge on any atom is -0.317 e. The van der Waals surface area contributed by atoms with Crippen molar-refractivity contribution in [1.29, 1.82) is 0 Å². The summed E-state index contributed by atoms with van der Waals surface area (Å²) >= 11 is 3.68. The Hall–Kier alpha value is -0.250. The van der Waals surface area contributed by atoms with E-state index < -0.39 is 0 Å².